The number of rotatable bonds is 2. The zero-order valence-electron chi connectivity index (χ0n) is 17.3. The van der Waals surface area contributed by atoms with Gasteiger partial charge in [-0.25, -0.2) is 0 Å². The molecule has 0 saturated carbocycles. The van der Waals surface area contributed by atoms with E-state index in [2.05, 4.69) is 61.0 Å². The molecule has 2 heterocycles. The van der Waals surface area contributed by atoms with Crippen molar-refractivity contribution in [2.24, 2.45) is 5.41 Å². The third kappa shape index (κ3) is 5.05. The molecule has 5 heteroatoms. The Morgan fingerprint density at radius 3 is 2.32 bits per heavy atom. The quantitative estimate of drug-likeness (QED) is 0.602. The third-order valence-electron chi connectivity index (χ3n) is 5.88. The van der Waals surface area contributed by atoms with Crippen molar-refractivity contribution in [3.05, 3.63) is 29.3 Å². The van der Waals surface area contributed by atoms with Crippen molar-refractivity contribution in [1.29, 1.82) is 0 Å². The number of nitrogens with one attached hydrogen (secondary N) is 1. The fraction of sp³-hybridized carbons (Fsp3) is 0.565. The van der Waals surface area contributed by atoms with E-state index in [-0.39, 0.29) is 11.3 Å². The average Bonchev–Trinajstić information content (AvgIpc) is 3.05. The van der Waals surface area contributed by atoms with E-state index >= 15 is 0 Å². The molecule has 28 heavy (non-hydrogen) atoms. The number of benzene rings is 1. The normalized spacial score (nSPS) is 18.0. The summed E-state index contributed by atoms with van der Waals surface area (Å²) in [7, 11) is 0. The number of likely N-dealkylation sites (tertiary alicyclic amines) is 2. The second-order valence-corrected chi connectivity index (χ2v) is 8.71. The maximum absolute atomic E-state index is 12.3. The molecule has 0 aromatic heterocycles. The zero-order valence-corrected chi connectivity index (χ0v) is 18.1. The highest BCUT2D eigenvalue weighted by molar-refractivity contribution is 7.80. The van der Waals surface area contributed by atoms with Gasteiger partial charge < -0.3 is 15.1 Å². The Balaban J connectivity index is 1.52. The van der Waals surface area contributed by atoms with Crippen molar-refractivity contribution in [1.82, 2.24) is 9.80 Å². The van der Waals surface area contributed by atoms with Gasteiger partial charge in [0.2, 0.25) is 0 Å². The van der Waals surface area contributed by atoms with Gasteiger partial charge in [-0.3, -0.25) is 4.79 Å². The topological polar surface area (TPSA) is 35.6 Å². The molecule has 150 valence electrons. The van der Waals surface area contributed by atoms with Gasteiger partial charge in [-0.15, -0.1) is 0 Å². The molecular formula is C23H31N3OS. The van der Waals surface area contributed by atoms with Gasteiger partial charge in [-0.1, -0.05) is 18.9 Å². The average molecular weight is 398 g/mol. The summed E-state index contributed by atoms with van der Waals surface area (Å²) in [6.45, 7) is 9.86. The number of hydrogen-bond donors (Lipinski definition) is 1. The Hall–Kier alpha value is -2.06. The molecule has 0 aliphatic carbocycles. The maximum Gasteiger partial charge on any atom is 0.298 e. The van der Waals surface area contributed by atoms with E-state index in [1.165, 1.54) is 11.1 Å². The first-order chi connectivity index (χ1) is 13.4. The lowest BCUT2D eigenvalue weighted by Crippen LogP contribution is -2.46. The molecule has 2 fully saturated rings. The van der Waals surface area contributed by atoms with Gasteiger partial charge in [0.15, 0.2) is 5.11 Å². The summed E-state index contributed by atoms with van der Waals surface area (Å²) in [5.74, 6) is 5.79. The summed E-state index contributed by atoms with van der Waals surface area (Å²) in [6, 6.07) is 6.42. The van der Waals surface area contributed by atoms with Crippen LogP contribution in [-0.2, 0) is 4.79 Å². The van der Waals surface area contributed by atoms with E-state index in [4.69, 9.17) is 12.2 Å². The third-order valence-corrected chi connectivity index (χ3v) is 6.24. The largest absolute Gasteiger partial charge is 0.349 e. The van der Waals surface area contributed by atoms with Crippen molar-refractivity contribution in [3.8, 4) is 11.8 Å². The number of amides is 1. The van der Waals surface area contributed by atoms with Crippen LogP contribution in [0.4, 0.5) is 5.69 Å². The SMILES string of the molecule is CCCC#CC(=O)N1CCC2(CCN(C(=S)Nc3cc(C)cc(C)c3)CC2)C1. The monoisotopic (exact) mass is 397 g/mol. The van der Waals surface area contributed by atoms with Gasteiger partial charge >= 0.3 is 0 Å². The first kappa shape index (κ1) is 20.7. The first-order valence-electron chi connectivity index (χ1n) is 10.3. The highest BCUT2D eigenvalue weighted by Crippen LogP contribution is 2.40. The molecule has 2 aliphatic heterocycles. The van der Waals surface area contributed by atoms with Crippen LogP contribution in [0.2, 0.25) is 0 Å². The first-order valence-corrected chi connectivity index (χ1v) is 10.7. The predicted octanol–water partition coefficient (Wildman–Crippen LogP) is 4.12. The molecule has 1 spiro atoms. The number of anilines is 1. The maximum atomic E-state index is 12.3. The minimum Gasteiger partial charge on any atom is -0.349 e. The molecular weight excluding hydrogens is 366 g/mol. The van der Waals surface area contributed by atoms with Crippen LogP contribution >= 0.6 is 12.2 Å². The number of carbonyl (C=O) groups is 1. The van der Waals surface area contributed by atoms with Gasteiger partial charge in [0.05, 0.1) is 0 Å². The Morgan fingerprint density at radius 1 is 1.11 bits per heavy atom. The van der Waals surface area contributed by atoms with Crippen LogP contribution in [0.5, 0.6) is 0 Å². The molecule has 1 N–H and O–H groups in total. The summed E-state index contributed by atoms with van der Waals surface area (Å²) in [4.78, 5) is 16.5. The molecule has 0 bridgehead atoms. The van der Waals surface area contributed by atoms with Crippen molar-refractivity contribution in [2.75, 3.05) is 31.5 Å². The zero-order chi connectivity index (χ0) is 20.1. The fourth-order valence-electron chi connectivity index (χ4n) is 4.29. The van der Waals surface area contributed by atoms with E-state index in [9.17, 15) is 4.79 Å². The van der Waals surface area contributed by atoms with Crippen LogP contribution in [0.1, 0.15) is 50.2 Å². The second-order valence-electron chi connectivity index (χ2n) is 8.32. The number of aryl methyl sites for hydroxylation is 2. The van der Waals surface area contributed by atoms with Gasteiger partial charge in [-0.05, 0) is 86.3 Å². The number of nitrogens with zero attached hydrogens (tertiary/aromatic N) is 2. The Labute approximate surface area is 174 Å². The second kappa shape index (κ2) is 8.96. The van der Waals surface area contributed by atoms with Gasteiger partial charge in [0.25, 0.3) is 5.91 Å². The highest BCUT2D eigenvalue weighted by atomic mass is 32.1. The summed E-state index contributed by atoms with van der Waals surface area (Å²) < 4.78 is 0. The van der Waals surface area contributed by atoms with Crippen LogP contribution in [0, 0.1) is 31.1 Å². The lowest BCUT2D eigenvalue weighted by atomic mass is 9.78. The summed E-state index contributed by atoms with van der Waals surface area (Å²) in [6.07, 6.45) is 5.03. The van der Waals surface area contributed by atoms with Crippen molar-refractivity contribution in [2.45, 2.75) is 52.9 Å². The molecule has 1 aromatic carbocycles. The van der Waals surface area contributed by atoms with Crippen LogP contribution in [0.15, 0.2) is 18.2 Å². The molecule has 2 saturated heterocycles. The van der Waals surface area contributed by atoms with Gasteiger partial charge in [0.1, 0.15) is 0 Å². The van der Waals surface area contributed by atoms with Gasteiger partial charge in [-0.2, -0.15) is 0 Å². The minimum absolute atomic E-state index is 0.000223. The molecule has 0 atom stereocenters. The number of carbonyl (C=O) groups excluding carboxylic acids is 1. The summed E-state index contributed by atoms with van der Waals surface area (Å²) >= 11 is 5.66. The Bertz CT molecular complexity index is 780. The molecule has 0 unspecified atom stereocenters. The molecule has 1 aromatic rings. The van der Waals surface area contributed by atoms with Crippen LogP contribution < -0.4 is 5.32 Å². The van der Waals surface area contributed by atoms with Crippen molar-refractivity contribution >= 4 is 28.9 Å². The van der Waals surface area contributed by atoms with Gasteiger partial charge in [0, 0.05) is 38.3 Å². The molecule has 0 radical (unpaired) electrons. The summed E-state index contributed by atoms with van der Waals surface area (Å²) in [5, 5.41) is 4.20. The van der Waals surface area contributed by atoms with Crippen LogP contribution in [0.3, 0.4) is 0 Å². The Morgan fingerprint density at radius 2 is 1.71 bits per heavy atom. The van der Waals surface area contributed by atoms with Crippen molar-refractivity contribution in [3.63, 3.8) is 0 Å². The summed E-state index contributed by atoms with van der Waals surface area (Å²) in [5.41, 5.74) is 3.78. The van der Waals surface area contributed by atoms with Crippen LogP contribution in [0.25, 0.3) is 0 Å². The molecule has 4 nitrogen and oxygen atoms in total. The molecule has 3 rings (SSSR count). The van der Waals surface area contributed by atoms with E-state index in [1.54, 1.807) is 0 Å². The van der Waals surface area contributed by atoms with E-state index in [0.29, 0.717) is 0 Å². The lowest BCUT2D eigenvalue weighted by molar-refractivity contribution is -0.124. The smallest absolute Gasteiger partial charge is 0.298 e. The number of hydrogen-bond acceptors (Lipinski definition) is 2. The van der Waals surface area contributed by atoms with E-state index in [0.717, 1.165) is 69.1 Å². The minimum atomic E-state index is -0.000223. The number of unbranched alkanes of at least 4 members (excludes halogenated alkanes) is 1. The van der Waals surface area contributed by atoms with Crippen LogP contribution in [-0.4, -0.2) is 47.0 Å². The van der Waals surface area contributed by atoms with E-state index < -0.39 is 0 Å². The Kier molecular flexibility index (Phi) is 6.61. The predicted molar refractivity (Wildman–Crippen MR) is 119 cm³/mol. The van der Waals surface area contributed by atoms with E-state index in [1.807, 2.05) is 4.90 Å². The lowest BCUT2D eigenvalue weighted by Gasteiger charge is -2.40. The molecule has 2 aliphatic rings. The fourth-order valence-corrected chi connectivity index (χ4v) is 4.59. The highest BCUT2D eigenvalue weighted by Gasteiger charge is 2.42. The number of thiocarbonyl (C=S) groups is 1. The molecule has 1 amide bonds. The number of piperidine rings is 1. The van der Waals surface area contributed by atoms with Crippen molar-refractivity contribution < 1.29 is 4.79 Å². The standard InChI is InChI=1S/C23H31N3OS/c1-4-5-6-7-21(27)26-13-10-23(17-26)8-11-25(12-9-23)22(28)24-20-15-18(2)14-19(3)16-20/h14-16H,4-5,8-13,17H2,1-3H3,(H,24,28).